The molecular formula is C15H20BrClFN3O2. The first-order valence-corrected chi connectivity index (χ1v) is 8.03. The van der Waals surface area contributed by atoms with Gasteiger partial charge in [-0.3, -0.25) is 9.59 Å². The molecule has 1 aliphatic rings. The Balaban J connectivity index is 0.00000264. The van der Waals surface area contributed by atoms with Gasteiger partial charge in [0.05, 0.1) is 5.56 Å². The maximum absolute atomic E-state index is 13.1. The lowest BCUT2D eigenvalue weighted by Crippen LogP contribution is -2.42. The molecule has 0 aliphatic heterocycles. The summed E-state index contributed by atoms with van der Waals surface area (Å²) >= 11 is 3.20. The zero-order valence-corrected chi connectivity index (χ0v) is 14.9. The van der Waals surface area contributed by atoms with E-state index in [-0.39, 0.29) is 42.9 Å². The van der Waals surface area contributed by atoms with Gasteiger partial charge >= 0.3 is 0 Å². The predicted molar refractivity (Wildman–Crippen MR) is 92.0 cm³/mol. The van der Waals surface area contributed by atoms with Crippen LogP contribution in [0.1, 0.15) is 29.6 Å². The van der Waals surface area contributed by atoms with E-state index in [1.165, 1.54) is 12.1 Å². The van der Waals surface area contributed by atoms with Crippen LogP contribution in [0.15, 0.2) is 22.7 Å². The van der Waals surface area contributed by atoms with Gasteiger partial charge in [-0.2, -0.15) is 0 Å². The first-order chi connectivity index (χ1) is 10.5. The number of carbonyl (C=O) groups is 2. The minimum absolute atomic E-state index is 0. The second-order valence-electron chi connectivity index (χ2n) is 5.38. The van der Waals surface area contributed by atoms with E-state index in [1.54, 1.807) is 0 Å². The van der Waals surface area contributed by atoms with Crippen LogP contribution in [0.3, 0.4) is 0 Å². The molecule has 0 radical (unpaired) electrons. The maximum Gasteiger partial charge on any atom is 0.252 e. The summed E-state index contributed by atoms with van der Waals surface area (Å²) in [7, 11) is 0. The van der Waals surface area contributed by atoms with Crippen molar-refractivity contribution < 1.29 is 14.0 Å². The van der Waals surface area contributed by atoms with Gasteiger partial charge in [0.25, 0.3) is 5.91 Å². The minimum atomic E-state index is -0.485. The highest BCUT2D eigenvalue weighted by Crippen LogP contribution is 2.32. The van der Waals surface area contributed by atoms with E-state index >= 15 is 0 Å². The summed E-state index contributed by atoms with van der Waals surface area (Å²) in [6.45, 7) is 0.620. The van der Waals surface area contributed by atoms with E-state index in [2.05, 4.69) is 26.6 Å². The molecule has 0 aromatic heterocycles. The molecule has 1 atom stereocenters. The molecule has 4 N–H and O–H groups in total. The maximum atomic E-state index is 13.1. The van der Waals surface area contributed by atoms with E-state index in [0.29, 0.717) is 16.9 Å². The fraction of sp³-hybridized carbons (Fsp3) is 0.467. The zero-order valence-electron chi connectivity index (χ0n) is 12.5. The Morgan fingerprint density at radius 3 is 2.70 bits per heavy atom. The molecular weight excluding hydrogens is 389 g/mol. The Kier molecular flexibility index (Phi) is 7.94. The van der Waals surface area contributed by atoms with Crippen LogP contribution in [0.25, 0.3) is 0 Å². The van der Waals surface area contributed by atoms with E-state index in [9.17, 15) is 14.0 Å². The van der Waals surface area contributed by atoms with Crippen LogP contribution in [0.2, 0.25) is 0 Å². The molecule has 128 valence electrons. The van der Waals surface area contributed by atoms with Crippen LogP contribution in [0.4, 0.5) is 4.39 Å². The third-order valence-electron chi connectivity index (χ3n) is 3.60. The minimum Gasteiger partial charge on any atom is -0.352 e. The smallest absolute Gasteiger partial charge is 0.252 e. The monoisotopic (exact) mass is 407 g/mol. The summed E-state index contributed by atoms with van der Waals surface area (Å²) in [5, 5.41) is 5.48. The summed E-state index contributed by atoms with van der Waals surface area (Å²) in [5.41, 5.74) is 5.83. The van der Waals surface area contributed by atoms with Crippen LogP contribution < -0.4 is 16.4 Å². The standard InChI is InChI=1S/C15H19BrFN3O2.ClH/c16-12-4-3-10(17)7-11(12)15(22)19-6-5-14(21)20-13(8-18)9-1-2-9;/h3-4,7,9,13H,1-2,5-6,8,18H2,(H,19,22)(H,20,21);1H. The van der Waals surface area contributed by atoms with Crippen LogP contribution in [-0.4, -0.2) is 30.9 Å². The van der Waals surface area contributed by atoms with Crippen molar-refractivity contribution in [1.29, 1.82) is 0 Å². The summed E-state index contributed by atoms with van der Waals surface area (Å²) in [4.78, 5) is 23.7. The summed E-state index contributed by atoms with van der Waals surface area (Å²) in [6.07, 6.45) is 2.38. The van der Waals surface area contributed by atoms with E-state index in [4.69, 9.17) is 5.73 Å². The number of nitrogens with two attached hydrogens (primary N) is 1. The SMILES string of the molecule is Cl.NCC(NC(=O)CCNC(=O)c1cc(F)ccc1Br)C1CC1. The van der Waals surface area contributed by atoms with Crippen molar-refractivity contribution in [2.75, 3.05) is 13.1 Å². The Labute approximate surface area is 149 Å². The van der Waals surface area contributed by atoms with E-state index in [0.717, 1.165) is 18.9 Å². The van der Waals surface area contributed by atoms with E-state index in [1.807, 2.05) is 0 Å². The third kappa shape index (κ3) is 6.08. The largest absolute Gasteiger partial charge is 0.352 e. The topological polar surface area (TPSA) is 84.2 Å². The molecule has 1 saturated carbocycles. The Bertz CT molecular complexity index is 570. The van der Waals surface area contributed by atoms with Crippen molar-refractivity contribution in [3.8, 4) is 0 Å². The van der Waals surface area contributed by atoms with Crippen molar-refractivity contribution in [3.63, 3.8) is 0 Å². The lowest BCUT2D eigenvalue weighted by molar-refractivity contribution is -0.121. The van der Waals surface area contributed by atoms with Gasteiger partial charge in [-0.05, 0) is 52.9 Å². The highest BCUT2D eigenvalue weighted by atomic mass is 79.9. The predicted octanol–water partition coefficient (Wildman–Crippen LogP) is 1.98. The molecule has 0 bridgehead atoms. The van der Waals surface area contributed by atoms with Gasteiger partial charge in [0.1, 0.15) is 5.82 Å². The molecule has 2 amide bonds. The normalized spacial score (nSPS) is 14.6. The van der Waals surface area contributed by atoms with Crippen LogP contribution in [0, 0.1) is 11.7 Å². The Morgan fingerprint density at radius 1 is 1.39 bits per heavy atom. The number of hydrogen-bond donors (Lipinski definition) is 3. The quantitative estimate of drug-likeness (QED) is 0.645. The van der Waals surface area contributed by atoms with Crippen molar-refractivity contribution in [2.45, 2.75) is 25.3 Å². The lowest BCUT2D eigenvalue weighted by atomic mass is 10.2. The number of hydrogen-bond acceptors (Lipinski definition) is 3. The molecule has 1 aromatic rings. The molecule has 23 heavy (non-hydrogen) atoms. The van der Waals surface area contributed by atoms with Crippen molar-refractivity contribution >= 4 is 40.2 Å². The first kappa shape index (κ1) is 19.9. The van der Waals surface area contributed by atoms with Crippen molar-refractivity contribution in [3.05, 3.63) is 34.1 Å². The molecule has 2 rings (SSSR count). The number of benzene rings is 1. The molecule has 1 unspecified atom stereocenters. The summed E-state index contributed by atoms with van der Waals surface area (Å²) < 4.78 is 13.7. The highest BCUT2D eigenvalue weighted by molar-refractivity contribution is 9.10. The fourth-order valence-electron chi connectivity index (χ4n) is 2.20. The van der Waals surface area contributed by atoms with Crippen molar-refractivity contribution in [2.24, 2.45) is 11.7 Å². The average Bonchev–Trinajstić information content (AvgIpc) is 3.31. The molecule has 1 aliphatic carbocycles. The molecule has 8 heteroatoms. The second-order valence-corrected chi connectivity index (χ2v) is 6.23. The molecule has 0 heterocycles. The van der Waals surface area contributed by atoms with Crippen LogP contribution in [0.5, 0.6) is 0 Å². The van der Waals surface area contributed by atoms with Crippen LogP contribution in [-0.2, 0) is 4.79 Å². The van der Waals surface area contributed by atoms with Gasteiger partial charge in [0.15, 0.2) is 0 Å². The fourth-order valence-corrected chi connectivity index (χ4v) is 2.63. The highest BCUT2D eigenvalue weighted by Gasteiger charge is 2.31. The van der Waals surface area contributed by atoms with Crippen LogP contribution >= 0.6 is 28.3 Å². The van der Waals surface area contributed by atoms with Gasteiger partial charge in [-0.1, -0.05) is 0 Å². The molecule has 1 aromatic carbocycles. The number of rotatable bonds is 7. The number of halogens is 3. The zero-order chi connectivity index (χ0) is 16.1. The Morgan fingerprint density at radius 2 is 2.09 bits per heavy atom. The van der Waals surface area contributed by atoms with Gasteiger partial charge in [0, 0.05) is 30.0 Å². The second kappa shape index (κ2) is 9.20. The number of amides is 2. The Hall–Kier alpha value is -1.18. The molecule has 0 spiro atoms. The number of nitrogens with one attached hydrogen (secondary N) is 2. The van der Waals surface area contributed by atoms with Gasteiger partial charge in [-0.15, -0.1) is 12.4 Å². The van der Waals surface area contributed by atoms with Gasteiger partial charge in [0.2, 0.25) is 5.91 Å². The molecule has 1 fully saturated rings. The first-order valence-electron chi connectivity index (χ1n) is 7.24. The number of carbonyl (C=O) groups excluding carboxylic acids is 2. The lowest BCUT2D eigenvalue weighted by Gasteiger charge is -2.16. The molecule has 0 saturated heterocycles. The summed E-state index contributed by atoms with van der Waals surface area (Å²) in [5.74, 6) is -0.550. The summed E-state index contributed by atoms with van der Waals surface area (Å²) in [6, 6.07) is 3.91. The van der Waals surface area contributed by atoms with Gasteiger partial charge < -0.3 is 16.4 Å². The van der Waals surface area contributed by atoms with Gasteiger partial charge in [-0.25, -0.2) is 4.39 Å². The molecule has 5 nitrogen and oxygen atoms in total. The van der Waals surface area contributed by atoms with Crippen molar-refractivity contribution in [1.82, 2.24) is 10.6 Å². The average molecular weight is 409 g/mol. The third-order valence-corrected chi connectivity index (χ3v) is 4.29. The van der Waals surface area contributed by atoms with E-state index < -0.39 is 11.7 Å².